The molecule has 2 atom stereocenters. The van der Waals surface area contributed by atoms with Crippen LogP contribution in [0.4, 0.5) is 0 Å². The summed E-state index contributed by atoms with van der Waals surface area (Å²) < 4.78 is 1.86. The van der Waals surface area contributed by atoms with Gasteiger partial charge in [0.25, 0.3) is 0 Å². The van der Waals surface area contributed by atoms with Crippen LogP contribution in [0.15, 0.2) is 42.7 Å². The minimum Gasteiger partial charge on any atom is -0.327 e. The fourth-order valence-electron chi connectivity index (χ4n) is 2.57. The predicted octanol–water partition coefficient (Wildman–Crippen LogP) is 2.32. The largest absolute Gasteiger partial charge is 0.327 e. The Morgan fingerprint density at radius 3 is 2.35 bits per heavy atom. The van der Waals surface area contributed by atoms with Crippen molar-refractivity contribution in [1.29, 1.82) is 0 Å². The van der Waals surface area contributed by atoms with E-state index in [0.717, 1.165) is 5.69 Å². The van der Waals surface area contributed by atoms with Gasteiger partial charge in [0, 0.05) is 24.4 Å². The second kappa shape index (κ2) is 3.44. The first kappa shape index (κ1) is 10.5. The monoisotopic (exact) mass is 227 g/mol. The molecule has 1 aliphatic carbocycles. The summed E-state index contributed by atoms with van der Waals surface area (Å²) in [5.74, 6) is 0.495. The molecule has 1 aromatic heterocycles. The molecule has 0 amide bonds. The van der Waals surface area contributed by atoms with Crippen LogP contribution in [0.25, 0.3) is 5.69 Å². The molecule has 17 heavy (non-hydrogen) atoms. The maximum absolute atomic E-state index is 6.09. The molecule has 0 spiro atoms. The van der Waals surface area contributed by atoms with Crippen LogP contribution < -0.4 is 5.73 Å². The van der Waals surface area contributed by atoms with Crippen molar-refractivity contribution in [1.82, 2.24) is 9.78 Å². The Labute approximate surface area is 101 Å². The molecule has 3 rings (SSSR count). The first-order valence-corrected chi connectivity index (χ1v) is 5.96. The second-order valence-electron chi connectivity index (χ2n) is 5.37. The van der Waals surface area contributed by atoms with Crippen molar-refractivity contribution in [3.63, 3.8) is 0 Å². The number of nitrogens with zero attached hydrogens (tertiary/aromatic N) is 2. The Kier molecular flexibility index (Phi) is 2.13. The first-order chi connectivity index (χ1) is 8.10. The van der Waals surface area contributed by atoms with Crippen LogP contribution in [0.5, 0.6) is 0 Å². The van der Waals surface area contributed by atoms with E-state index in [1.165, 1.54) is 5.56 Å². The van der Waals surface area contributed by atoms with E-state index in [0.29, 0.717) is 5.92 Å². The zero-order chi connectivity index (χ0) is 12.0. The third kappa shape index (κ3) is 1.58. The summed E-state index contributed by atoms with van der Waals surface area (Å²) in [4.78, 5) is 0. The summed E-state index contributed by atoms with van der Waals surface area (Å²) in [5.41, 5.74) is 8.76. The minimum atomic E-state index is 0.243. The highest BCUT2D eigenvalue weighted by atomic mass is 15.3. The van der Waals surface area contributed by atoms with Crippen molar-refractivity contribution >= 4 is 0 Å². The Hall–Kier alpha value is -1.61. The maximum Gasteiger partial charge on any atom is 0.0645 e. The van der Waals surface area contributed by atoms with Gasteiger partial charge in [-0.25, -0.2) is 4.68 Å². The number of hydrogen-bond acceptors (Lipinski definition) is 2. The zero-order valence-electron chi connectivity index (χ0n) is 10.2. The van der Waals surface area contributed by atoms with Crippen LogP contribution in [0, 0.1) is 5.41 Å². The molecule has 0 aliphatic heterocycles. The topological polar surface area (TPSA) is 43.8 Å². The molecule has 1 aliphatic rings. The number of nitrogens with two attached hydrogens (primary N) is 1. The summed E-state index contributed by atoms with van der Waals surface area (Å²) in [6, 6.07) is 10.7. The highest BCUT2D eigenvalue weighted by Crippen LogP contribution is 2.57. The lowest BCUT2D eigenvalue weighted by molar-refractivity contribution is 0.599. The van der Waals surface area contributed by atoms with Crippen molar-refractivity contribution in [2.75, 3.05) is 0 Å². The van der Waals surface area contributed by atoms with E-state index in [9.17, 15) is 0 Å². The molecule has 0 unspecified atom stereocenters. The van der Waals surface area contributed by atoms with Crippen LogP contribution in [-0.4, -0.2) is 15.8 Å². The molecule has 1 heterocycles. The number of aromatic nitrogens is 2. The van der Waals surface area contributed by atoms with Crippen molar-refractivity contribution in [3.8, 4) is 5.69 Å². The van der Waals surface area contributed by atoms with E-state index in [2.05, 4.69) is 43.2 Å². The van der Waals surface area contributed by atoms with Gasteiger partial charge >= 0.3 is 0 Å². The molecule has 1 saturated carbocycles. The van der Waals surface area contributed by atoms with Gasteiger partial charge in [-0.2, -0.15) is 5.10 Å². The molecule has 0 radical (unpaired) electrons. The highest BCUT2D eigenvalue weighted by molar-refractivity contribution is 5.40. The molecular formula is C14H17N3. The van der Waals surface area contributed by atoms with Crippen LogP contribution in [0.3, 0.4) is 0 Å². The van der Waals surface area contributed by atoms with Gasteiger partial charge < -0.3 is 5.73 Å². The fraction of sp³-hybridized carbons (Fsp3) is 0.357. The van der Waals surface area contributed by atoms with Gasteiger partial charge in [-0.3, -0.25) is 0 Å². The van der Waals surface area contributed by atoms with Gasteiger partial charge in [0.05, 0.1) is 5.69 Å². The van der Waals surface area contributed by atoms with Gasteiger partial charge in [-0.15, -0.1) is 0 Å². The predicted molar refractivity (Wildman–Crippen MR) is 68.1 cm³/mol. The number of benzene rings is 1. The van der Waals surface area contributed by atoms with Gasteiger partial charge in [-0.1, -0.05) is 26.0 Å². The second-order valence-corrected chi connectivity index (χ2v) is 5.37. The normalized spacial score (nSPS) is 25.8. The quantitative estimate of drug-likeness (QED) is 0.855. The molecule has 2 N–H and O–H groups in total. The lowest BCUT2D eigenvalue weighted by Gasteiger charge is -2.05. The van der Waals surface area contributed by atoms with E-state index >= 15 is 0 Å². The molecule has 2 aromatic rings. The molecule has 88 valence electrons. The summed E-state index contributed by atoms with van der Waals surface area (Å²) in [6.07, 6.45) is 3.73. The summed E-state index contributed by atoms with van der Waals surface area (Å²) >= 11 is 0. The van der Waals surface area contributed by atoms with Crippen LogP contribution in [0.2, 0.25) is 0 Å². The van der Waals surface area contributed by atoms with Crippen molar-refractivity contribution in [3.05, 3.63) is 48.3 Å². The fourth-order valence-corrected chi connectivity index (χ4v) is 2.57. The van der Waals surface area contributed by atoms with Gasteiger partial charge in [0.2, 0.25) is 0 Å². The van der Waals surface area contributed by atoms with Crippen LogP contribution in [-0.2, 0) is 0 Å². The maximum atomic E-state index is 6.09. The molecule has 1 fully saturated rings. The van der Waals surface area contributed by atoms with E-state index < -0.39 is 0 Å². The lowest BCUT2D eigenvalue weighted by atomic mass is 10.0. The smallest absolute Gasteiger partial charge is 0.0645 e. The Bertz CT molecular complexity index is 511. The van der Waals surface area contributed by atoms with E-state index in [4.69, 9.17) is 5.73 Å². The number of hydrogen-bond donors (Lipinski definition) is 1. The van der Waals surface area contributed by atoms with Crippen molar-refractivity contribution < 1.29 is 0 Å². The lowest BCUT2D eigenvalue weighted by Crippen LogP contribution is -2.06. The average Bonchev–Trinajstić information content (AvgIpc) is 2.77. The molecular weight excluding hydrogens is 210 g/mol. The van der Waals surface area contributed by atoms with E-state index in [1.54, 1.807) is 6.20 Å². The zero-order valence-corrected chi connectivity index (χ0v) is 10.2. The van der Waals surface area contributed by atoms with Crippen molar-refractivity contribution in [2.24, 2.45) is 11.1 Å². The van der Waals surface area contributed by atoms with Gasteiger partial charge in [0.1, 0.15) is 0 Å². The Morgan fingerprint density at radius 1 is 1.24 bits per heavy atom. The van der Waals surface area contributed by atoms with Crippen molar-refractivity contribution in [2.45, 2.75) is 25.8 Å². The molecule has 1 aromatic carbocycles. The number of rotatable bonds is 2. The third-order valence-corrected chi connectivity index (χ3v) is 3.93. The standard InChI is InChI=1S/C14H17N3/c1-14(2)12(13(14)15)10-4-6-11(7-5-10)17-9-3-8-16-17/h3-9,12-13H,15H2,1-2H3/t12-,13-/m0/s1. The van der Waals surface area contributed by atoms with Crippen LogP contribution >= 0.6 is 0 Å². The molecule has 3 heteroatoms. The first-order valence-electron chi connectivity index (χ1n) is 5.96. The molecule has 0 saturated heterocycles. The van der Waals surface area contributed by atoms with Gasteiger partial charge in [0.15, 0.2) is 0 Å². The molecule has 0 bridgehead atoms. The summed E-state index contributed by atoms with van der Waals surface area (Å²) in [5, 5.41) is 4.21. The molecule has 3 nitrogen and oxygen atoms in total. The van der Waals surface area contributed by atoms with Gasteiger partial charge in [-0.05, 0) is 29.2 Å². The third-order valence-electron chi connectivity index (χ3n) is 3.93. The Morgan fingerprint density at radius 2 is 1.88 bits per heavy atom. The van der Waals surface area contributed by atoms with E-state index in [1.807, 2.05) is 16.9 Å². The van der Waals surface area contributed by atoms with Crippen LogP contribution in [0.1, 0.15) is 25.3 Å². The Balaban J connectivity index is 1.87. The SMILES string of the molecule is CC1(C)[C@@H](N)[C@@H]1c1ccc(-n2cccn2)cc1. The minimum absolute atomic E-state index is 0.243. The van der Waals surface area contributed by atoms with E-state index in [-0.39, 0.29) is 11.5 Å². The highest BCUT2D eigenvalue weighted by Gasteiger charge is 2.55. The summed E-state index contributed by atoms with van der Waals surface area (Å²) in [7, 11) is 0. The summed E-state index contributed by atoms with van der Waals surface area (Å²) in [6.45, 7) is 4.45. The average molecular weight is 227 g/mol.